The topological polar surface area (TPSA) is 139 Å². The number of piperazine rings is 1. The first-order chi connectivity index (χ1) is 12.3. The van der Waals surface area contributed by atoms with E-state index >= 15 is 0 Å². The zero-order valence-corrected chi connectivity index (χ0v) is 14.9. The van der Waals surface area contributed by atoms with E-state index in [-0.39, 0.29) is 22.8 Å². The molecule has 1 aromatic carbocycles. The second kappa shape index (κ2) is 7.17. The van der Waals surface area contributed by atoms with Crippen molar-refractivity contribution < 1.29 is 18.1 Å². The summed E-state index contributed by atoms with van der Waals surface area (Å²) in [5.41, 5.74) is 5.29. The van der Waals surface area contributed by atoms with Crippen LogP contribution in [0.25, 0.3) is 0 Å². The summed E-state index contributed by atoms with van der Waals surface area (Å²) in [6.45, 7) is 1.93. The van der Waals surface area contributed by atoms with Crippen molar-refractivity contribution in [3.8, 4) is 0 Å². The maximum Gasteiger partial charge on any atom is 0.293 e. The Morgan fingerprint density at radius 3 is 2.58 bits per heavy atom. The summed E-state index contributed by atoms with van der Waals surface area (Å²) >= 11 is 0. The molecule has 0 saturated carbocycles. The number of hydrogen-bond donors (Lipinski definition) is 2. The molecule has 26 heavy (non-hydrogen) atoms. The van der Waals surface area contributed by atoms with Gasteiger partial charge in [-0.1, -0.05) is 0 Å². The van der Waals surface area contributed by atoms with Gasteiger partial charge in [0.2, 0.25) is 15.9 Å². The van der Waals surface area contributed by atoms with E-state index in [1.54, 1.807) is 4.90 Å². The molecule has 0 aliphatic carbocycles. The molecule has 2 heterocycles. The molecule has 11 heteroatoms. The smallest absolute Gasteiger partial charge is 0.293 e. The van der Waals surface area contributed by atoms with Crippen LogP contribution in [0.3, 0.4) is 0 Å². The van der Waals surface area contributed by atoms with E-state index in [1.807, 2.05) is 0 Å². The second-order valence-corrected chi connectivity index (χ2v) is 8.31. The Hall–Kier alpha value is -2.24. The molecule has 2 aliphatic rings. The monoisotopic (exact) mass is 383 g/mol. The van der Waals surface area contributed by atoms with Crippen molar-refractivity contribution in [3.63, 3.8) is 0 Å². The van der Waals surface area contributed by atoms with Crippen LogP contribution in [0.2, 0.25) is 0 Å². The fourth-order valence-corrected chi connectivity index (χ4v) is 4.85. The highest BCUT2D eigenvalue weighted by atomic mass is 32.2. The maximum atomic E-state index is 12.7. The van der Waals surface area contributed by atoms with Crippen molar-refractivity contribution in [2.24, 2.45) is 5.73 Å². The Bertz CT molecular complexity index is 822. The Balaban J connectivity index is 1.95. The van der Waals surface area contributed by atoms with E-state index in [0.29, 0.717) is 26.2 Å². The Morgan fingerprint density at radius 2 is 1.96 bits per heavy atom. The van der Waals surface area contributed by atoms with Crippen molar-refractivity contribution in [1.82, 2.24) is 9.62 Å². The number of amides is 1. The second-order valence-electron chi connectivity index (χ2n) is 6.37. The summed E-state index contributed by atoms with van der Waals surface area (Å²) in [6.07, 6.45) is 1.57. The third-order valence-corrected chi connectivity index (χ3v) is 6.60. The summed E-state index contributed by atoms with van der Waals surface area (Å²) in [5.74, 6) is -0.536. The number of rotatable bonds is 5. The van der Waals surface area contributed by atoms with Crippen LogP contribution in [0.5, 0.6) is 0 Å². The van der Waals surface area contributed by atoms with E-state index in [1.165, 1.54) is 16.4 Å². The molecule has 1 amide bonds. The largest absolute Gasteiger partial charge is 0.368 e. The average Bonchev–Trinajstić information content (AvgIpc) is 3.16. The number of primary amides is 1. The maximum absolute atomic E-state index is 12.7. The molecule has 3 N–H and O–H groups in total. The number of nitro groups is 1. The third-order valence-electron chi connectivity index (χ3n) is 4.71. The molecular formula is C15H21N5O5S. The number of carbonyl (C=O) groups is 1. The van der Waals surface area contributed by atoms with E-state index in [0.717, 1.165) is 18.9 Å². The number of nitro benzene ring substituents is 1. The normalized spacial score (nSPS) is 21.7. The zero-order valence-electron chi connectivity index (χ0n) is 14.1. The first kappa shape index (κ1) is 18.5. The predicted octanol–water partition coefficient (Wildman–Crippen LogP) is -0.357. The van der Waals surface area contributed by atoms with Crippen LogP contribution in [0.15, 0.2) is 23.1 Å². The van der Waals surface area contributed by atoms with Crippen LogP contribution in [-0.2, 0) is 14.8 Å². The Morgan fingerprint density at radius 1 is 1.27 bits per heavy atom. The van der Waals surface area contributed by atoms with Crippen molar-refractivity contribution in [1.29, 1.82) is 0 Å². The van der Waals surface area contributed by atoms with Gasteiger partial charge in [0.25, 0.3) is 5.69 Å². The van der Waals surface area contributed by atoms with Crippen molar-refractivity contribution in [2.75, 3.05) is 37.6 Å². The summed E-state index contributed by atoms with van der Waals surface area (Å²) < 4.78 is 26.7. The van der Waals surface area contributed by atoms with E-state index in [2.05, 4.69) is 5.32 Å². The number of nitrogens with one attached hydrogen (secondary N) is 1. The highest BCUT2D eigenvalue weighted by Gasteiger charge is 2.32. The lowest BCUT2D eigenvalue weighted by Gasteiger charge is -2.33. The number of nitrogens with two attached hydrogens (primary N) is 1. The number of nitrogens with zero attached hydrogens (tertiary/aromatic N) is 3. The average molecular weight is 383 g/mol. The molecule has 0 bridgehead atoms. The molecule has 2 aliphatic heterocycles. The van der Waals surface area contributed by atoms with Crippen molar-refractivity contribution in [2.45, 2.75) is 23.8 Å². The van der Waals surface area contributed by atoms with Gasteiger partial charge in [-0.2, -0.15) is 4.31 Å². The lowest BCUT2D eigenvalue weighted by atomic mass is 10.1. The standard InChI is InChI=1S/C15H21N5O5S/c16-15(21)12-10-18(8-5-17-12)13-4-3-11(9-14(13)20(22)23)26(24,25)19-6-1-2-7-19/h3-4,9,12,17H,1-2,5-8,10H2,(H2,16,21)/t12-/m1/s1. The first-order valence-corrected chi connectivity index (χ1v) is 9.81. The van der Waals surface area contributed by atoms with E-state index in [4.69, 9.17) is 5.73 Å². The molecule has 1 aromatic rings. The van der Waals surface area contributed by atoms with Crippen LogP contribution in [0, 0.1) is 10.1 Å². The van der Waals surface area contributed by atoms with Gasteiger partial charge in [0.15, 0.2) is 0 Å². The molecule has 2 fully saturated rings. The number of benzene rings is 1. The summed E-state index contributed by atoms with van der Waals surface area (Å²) in [6, 6.07) is 3.31. The van der Waals surface area contributed by atoms with E-state index < -0.39 is 26.9 Å². The van der Waals surface area contributed by atoms with Crippen LogP contribution in [0.1, 0.15) is 12.8 Å². The van der Waals surface area contributed by atoms with Crippen LogP contribution < -0.4 is 16.0 Å². The van der Waals surface area contributed by atoms with Gasteiger partial charge in [-0.05, 0) is 25.0 Å². The molecular weight excluding hydrogens is 362 g/mol. The highest BCUT2D eigenvalue weighted by Crippen LogP contribution is 2.33. The molecule has 10 nitrogen and oxygen atoms in total. The third kappa shape index (κ3) is 3.50. The molecule has 142 valence electrons. The minimum absolute atomic E-state index is 0.0866. The van der Waals surface area contributed by atoms with Gasteiger partial charge in [0.05, 0.1) is 9.82 Å². The number of carbonyl (C=O) groups excluding carboxylic acids is 1. The van der Waals surface area contributed by atoms with Gasteiger partial charge in [0.1, 0.15) is 11.7 Å². The summed E-state index contributed by atoms with van der Waals surface area (Å²) in [5, 5.41) is 14.5. The Labute approximate surface area is 151 Å². The van der Waals surface area contributed by atoms with Crippen molar-refractivity contribution in [3.05, 3.63) is 28.3 Å². The van der Waals surface area contributed by atoms with Gasteiger partial charge < -0.3 is 16.0 Å². The minimum atomic E-state index is -3.74. The molecule has 0 unspecified atom stereocenters. The van der Waals surface area contributed by atoms with Gasteiger partial charge in [-0.3, -0.25) is 14.9 Å². The summed E-state index contributed by atoms with van der Waals surface area (Å²) in [7, 11) is -3.74. The zero-order chi connectivity index (χ0) is 18.9. The molecule has 0 aromatic heterocycles. The van der Waals surface area contributed by atoms with Crippen LogP contribution in [0.4, 0.5) is 11.4 Å². The molecule has 1 atom stereocenters. The van der Waals surface area contributed by atoms with Gasteiger partial charge >= 0.3 is 0 Å². The lowest BCUT2D eigenvalue weighted by Crippen LogP contribution is -2.56. The number of hydrogen-bond acceptors (Lipinski definition) is 7. The van der Waals surface area contributed by atoms with Gasteiger partial charge in [-0.25, -0.2) is 8.42 Å². The van der Waals surface area contributed by atoms with Crippen LogP contribution >= 0.6 is 0 Å². The molecule has 0 spiro atoms. The Kier molecular flexibility index (Phi) is 5.12. The lowest BCUT2D eigenvalue weighted by molar-refractivity contribution is -0.384. The molecule has 3 rings (SSSR count). The predicted molar refractivity (Wildman–Crippen MR) is 94.3 cm³/mol. The fourth-order valence-electron chi connectivity index (χ4n) is 3.31. The number of sulfonamides is 1. The SMILES string of the molecule is NC(=O)[C@H]1CN(c2ccc(S(=O)(=O)N3CCCC3)cc2[N+](=O)[O-])CCN1. The van der Waals surface area contributed by atoms with E-state index in [9.17, 15) is 23.3 Å². The van der Waals surface area contributed by atoms with Crippen molar-refractivity contribution >= 4 is 27.3 Å². The van der Waals surface area contributed by atoms with Gasteiger partial charge in [-0.15, -0.1) is 0 Å². The molecule has 2 saturated heterocycles. The number of anilines is 1. The highest BCUT2D eigenvalue weighted by molar-refractivity contribution is 7.89. The fraction of sp³-hybridized carbons (Fsp3) is 0.533. The summed E-state index contributed by atoms with van der Waals surface area (Å²) in [4.78, 5) is 23.9. The quantitative estimate of drug-likeness (QED) is 0.523. The van der Waals surface area contributed by atoms with Gasteiger partial charge in [0, 0.05) is 38.8 Å². The first-order valence-electron chi connectivity index (χ1n) is 8.37. The van der Waals surface area contributed by atoms with Crippen LogP contribution in [-0.4, -0.2) is 62.3 Å². The molecule has 0 radical (unpaired) electrons. The minimum Gasteiger partial charge on any atom is -0.368 e.